The predicted molar refractivity (Wildman–Crippen MR) is 94.5 cm³/mol. The van der Waals surface area contributed by atoms with Crippen molar-refractivity contribution in [3.05, 3.63) is 47.7 Å². The molecule has 0 unspecified atom stereocenters. The SMILES string of the molecule is COc1cc(C)c(-c2cccc(C(=O)N[C@@H]3CCCNC3=O)c2)cn1. The second kappa shape index (κ2) is 7.34. The van der Waals surface area contributed by atoms with Crippen LogP contribution in [0.2, 0.25) is 0 Å². The fourth-order valence-corrected chi connectivity index (χ4v) is 2.92. The third kappa shape index (κ3) is 3.79. The normalized spacial score (nSPS) is 16.9. The van der Waals surface area contributed by atoms with E-state index in [0.717, 1.165) is 23.1 Å². The van der Waals surface area contributed by atoms with Gasteiger partial charge in [-0.05, 0) is 43.0 Å². The van der Waals surface area contributed by atoms with Gasteiger partial charge in [-0.1, -0.05) is 12.1 Å². The van der Waals surface area contributed by atoms with E-state index in [2.05, 4.69) is 15.6 Å². The van der Waals surface area contributed by atoms with Crippen LogP contribution >= 0.6 is 0 Å². The van der Waals surface area contributed by atoms with Crippen molar-refractivity contribution in [1.29, 1.82) is 0 Å². The fourth-order valence-electron chi connectivity index (χ4n) is 2.92. The smallest absolute Gasteiger partial charge is 0.251 e. The van der Waals surface area contributed by atoms with Crippen LogP contribution < -0.4 is 15.4 Å². The summed E-state index contributed by atoms with van der Waals surface area (Å²) in [5.41, 5.74) is 3.36. The van der Waals surface area contributed by atoms with E-state index in [9.17, 15) is 9.59 Å². The minimum atomic E-state index is -0.464. The number of piperidine rings is 1. The molecule has 1 saturated heterocycles. The highest BCUT2D eigenvalue weighted by atomic mass is 16.5. The molecule has 1 aliphatic rings. The van der Waals surface area contributed by atoms with Crippen LogP contribution in [0.1, 0.15) is 28.8 Å². The molecule has 1 aromatic heterocycles. The first-order valence-electron chi connectivity index (χ1n) is 8.28. The Hall–Kier alpha value is -2.89. The van der Waals surface area contributed by atoms with Crippen LogP contribution in [0.25, 0.3) is 11.1 Å². The van der Waals surface area contributed by atoms with Crippen molar-refractivity contribution in [2.45, 2.75) is 25.8 Å². The van der Waals surface area contributed by atoms with Gasteiger partial charge in [0, 0.05) is 29.9 Å². The average molecular weight is 339 g/mol. The second-order valence-electron chi connectivity index (χ2n) is 6.08. The number of nitrogens with zero attached hydrogens (tertiary/aromatic N) is 1. The first-order valence-corrected chi connectivity index (χ1v) is 8.28. The van der Waals surface area contributed by atoms with Gasteiger partial charge in [-0.3, -0.25) is 9.59 Å². The maximum absolute atomic E-state index is 12.5. The van der Waals surface area contributed by atoms with Gasteiger partial charge in [-0.15, -0.1) is 0 Å². The molecule has 25 heavy (non-hydrogen) atoms. The molecule has 0 radical (unpaired) electrons. The van der Waals surface area contributed by atoms with E-state index >= 15 is 0 Å². The third-order valence-corrected chi connectivity index (χ3v) is 4.32. The summed E-state index contributed by atoms with van der Waals surface area (Å²) in [6.45, 7) is 2.64. The first kappa shape index (κ1) is 17.0. The second-order valence-corrected chi connectivity index (χ2v) is 6.08. The molecule has 130 valence electrons. The molecule has 1 fully saturated rings. The van der Waals surface area contributed by atoms with Crippen LogP contribution in [0, 0.1) is 6.92 Å². The zero-order valence-electron chi connectivity index (χ0n) is 14.3. The van der Waals surface area contributed by atoms with Gasteiger partial charge >= 0.3 is 0 Å². The minimum absolute atomic E-state index is 0.119. The topological polar surface area (TPSA) is 80.3 Å². The standard InChI is InChI=1S/C19H21N3O3/c1-12-9-17(25-2)21-11-15(12)13-5-3-6-14(10-13)18(23)22-16-7-4-8-20-19(16)24/h3,5-6,9-11,16H,4,7-8H2,1-2H3,(H,20,24)(H,22,23)/t16-/m1/s1. The number of methoxy groups -OCH3 is 1. The number of aryl methyl sites for hydroxylation is 1. The van der Waals surface area contributed by atoms with Crippen LogP contribution in [0.3, 0.4) is 0 Å². The van der Waals surface area contributed by atoms with Gasteiger partial charge in [0.05, 0.1) is 7.11 Å². The van der Waals surface area contributed by atoms with Crippen LogP contribution in [0.5, 0.6) is 5.88 Å². The van der Waals surface area contributed by atoms with Crippen LogP contribution in [0.15, 0.2) is 36.5 Å². The molecule has 0 bridgehead atoms. The lowest BCUT2D eigenvalue weighted by Gasteiger charge is -2.22. The lowest BCUT2D eigenvalue weighted by molar-refractivity contribution is -0.124. The van der Waals surface area contributed by atoms with Gasteiger partial charge < -0.3 is 15.4 Å². The molecule has 6 heteroatoms. The van der Waals surface area contributed by atoms with Crippen molar-refractivity contribution in [3.8, 4) is 17.0 Å². The molecular formula is C19H21N3O3. The monoisotopic (exact) mass is 339 g/mol. The summed E-state index contributed by atoms with van der Waals surface area (Å²) < 4.78 is 5.13. The number of hydrogen-bond donors (Lipinski definition) is 2. The number of carbonyl (C=O) groups is 2. The number of amides is 2. The van der Waals surface area contributed by atoms with E-state index in [1.807, 2.05) is 31.2 Å². The molecule has 2 aromatic rings. The molecular weight excluding hydrogens is 318 g/mol. The molecule has 2 heterocycles. The van der Waals surface area contributed by atoms with Crippen molar-refractivity contribution >= 4 is 11.8 Å². The van der Waals surface area contributed by atoms with E-state index in [1.54, 1.807) is 19.4 Å². The van der Waals surface area contributed by atoms with Crippen molar-refractivity contribution in [2.75, 3.05) is 13.7 Å². The number of hydrogen-bond acceptors (Lipinski definition) is 4. The molecule has 2 N–H and O–H groups in total. The van der Waals surface area contributed by atoms with Gasteiger partial charge in [0.1, 0.15) is 6.04 Å². The Balaban J connectivity index is 1.81. The fraction of sp³-hybridized carbons (Fsp3) is 0.316. The third-order valence-electron chi connectivity index (χ3n) is 4.32. The summed E-state index contributed by atoms with van der Waals surface area (Å²) >= 11 is 0. The average Bonchev–Trinajstić information content (AvgIpc) is 2.63. The Morgan fingerprint density at radius 2 is 2.20 bits per heavy atom. The van der Waals surface area contributed by atoms with Gasteiger partial charge in [-0.25, -0.2) is 4.98 Å². The summed E-state index contributed by atoms with van der Waals surface area (Å²) in [5, 5.41) is 5.58. The maximum atomic E-state index is 12.5. The number of benzene rings is 1. The molecule has 6 nitrogen and oxygen atoms in total. The maximum Gasteiger partial charge on any atom is 0.251 e. The molecule has 1 aliphatic heterocycles. The summed E-state index contributed by atoms with van der Waals surface area (Å²) in [6.07, 6.45) is 3.27. The highest BCUT2D eigenvalue weighted by Crippen LogP contribution is 2.25. The van der Waals surface area contributed by atoms with E-state index in [4.69, 9.17) is 4.74 Å². The Bertz CT molecular complexity index is 804. The molecule has 1 atom stereocenters. The number of carbonyl (C=O) groups excluding carboxylic acids is 2. The molecule has 0 saturated carbocycles. The summed E-state index contributed by atoms with van der Waals surface area (Å²) in [5.74, 6) is 0.187. The summed E-state index contributed by atoms with van der Waals surface area (Å²) in [7, 11) is 1.58. The summed E-state index contributed by atoms with van der Waals surface area (Å²) in [4.78, 5) is 28.5. The lowest BCUT2D eigenvalue weighted by atomic mass is 10.00. The van der Waals surface area contributed by atoms with Crippen molar-refractivity contribution in [3.63, 3.8) is 0 Å². The molecule has 0 spiro atoms. The quantitative estimate of drug-likeness (QED) is 0.894. The largest absolute Gasteiger partial charge is 0.481 e. The van der Waals surface area contributed by atoms with Gasteiger partial charge in [-0.2, -0.15) is 0 Å². The Kier molecular flexibility index (Phi) is 4.97. The molecule has 1 aromatic carbocycles. The predicted octanol–water partition coefficient (Wildman–Crippen LogP) is 2.07. The zero-order valence-corrected chi connectivity index (χ0v) is 14.3. The van der Waals surface area contributed by atoms with Crippen molar-refractivity contribution < 1.29 is 14.3 Å². The number of rotatable bonds is 4. The van der Waals surface area contributed by atoms with Crippen LogP contribution in [-0.2, 0) is 4.79 Å². The van der Waals surface area contributed by atoms with E-state index in [0.29, 0.717) is 24.4 Å². The van der Waals surface area contributed by atoms with Crippen LogP contribution in [-0.4, -0.2) is 36.5 Å². The number of ether oxygens (including phenoxy) is 1. The minimum Gasteiger partial charge on any atom is -0.481 e. The van der Waals surface area contributed by atoms with E-state index in [-0.39, 0.29) is 11.8 Å². The first-order chi connectivity index (χ1) is 12.1. The Morgan fingerprint density at radius 1 is 1.36 bits per heavy atom. The van der Waals surface area contributed by atoms with Crippen LogP contribution in [0.4, 0.5) is 0 Å². The van der Waals surface area contributed by atoms with Gasteiger partial charge in [0.15, 0.2) is 0 Å². The number of aromatic nitrogens is 1. The Labute approximate surface area is 146 Å². The Morgan fingerprint density at radius 3 is 2.92 bits per heavy atom. The summed E-state index contributed by atoms with van der Waals surface area (Å²) in [6, 6.07) is 8.71. The lowest BCUT2D eigenvalue weighted by Crippen LogP contribution is -2.50. The van der Waals surface area contributed by atoms with Crippen molar-refractivity contribution in [1.82, 2.24) is 15.6 Å². The van der Waals surface area contributed by atoms with Crippen molar-refractivity contribution in [2.24, 2.45) is 0 Å². The highest BCUT2D eigenvalue weighted by molar-refractivity contribution is 5.98. The zero-order chi connectivity index (χ0) is 17.8. The number of pyridine rings is 1. The molecule has 0 aliphatic carbocycles. The molecule has 3 rings (SSSR count). The number of nitrogens with one attached hydrogen (secondary N) is 2. The highest BCUT2D eigenvalue weighted by Gasteiger charge is 2.24. The van der Waals surface area contributed by atoms with E-state index in [1.165, 1.54) is 0 Å². The van der Waals surface area contributed by atoms with Gasteiger partial charge in [0.2, 0.25) is 11.8 Å². The molecule has 2 amide bonds. The van der Waals surface area contributed by atoms with E-state index < -0.39 is 6.04 Å². The van der Waals surface area contributed by atoms with Gasteiger partial charge in [0.25, 0.3) is 5.91 Å².